The molecule has 0 fully saturated rings. The first kappa shape index (κ1) is 38.9. The number of unbranched alkanes of at least 4 members (excludes halogenated alkanes) is 17. The number of hydrogen-bond donors (Lipinski definition) is 0. The smallest absolute Gasteiger partial charge is 0.306 e. The van der Waals surface area contributed by atoms with E-state index in [0.717, 1.165) is 51.4 Å². The van der Waals surface area contributed by atoms with Crippen LogP contribution in [-0.4, -0.2) is 24.1 Å². The van der Waals surface area contributed by atoms with Gasteiger partial charge in [0, 0.05) is 12.8 Å². The fourth-order valence-corrected chi connectivity index (χ4v) is 5.45. The number of ether oxygens (including phenoxy) is 2. The summed E-state index contributed by atoms with van der Waals surface area (Å²) in [5, 5.41) is 0. The summed E-state index contributed by atoms with van der Waals surface area (Å²) in [6, 6.07) is 0. The van der Waals surface area contributed by atoms with Crippen LogP contribution in [0.1, 0.15) is 207 Å². The van der Waals surface area contributed by atoms with E-state index in [2.05, 4.69) is 27.7 Å². The van der Waals surface area contributed by atoms with Crippen molar-refractivity contribution in [3.8, 4) is 0 Å². The Balaban J connectivity index is 4.34. The Kier molecular flexibility index (Phi) is 30.1. The van der Waals surface area contributed by atoms with Gasteiger partial charge in [-0.1, -0.05) is 130 Å². The second-order valence-electron chi connectivity index (χ2n) is 12.2. The van der Waals surface area contributed by atoms with E-state index in [-0.39, 0.29) is 24.1 Å². The summed E-state index contributed by atoms with van der Waals surface area (Å²) in [5.74, 6) is -0.173. The Morgan fingerprint density at radius 1 is 0.375 bits per heavy atom. The van der Waals surface area contributed by atoms with Crippen molar-refractivity contribution in [2.24, 2.45) is 0 Å². The van der Waals surface area contributed by atoms with Gasteiger partial charge in [0.15, 0.2) is 0 Å². The van der Waals surface area contributed by atoms with Gasteiger partial charge in [0.25, 0.3) is 0 Å². The first-order valence-corrected chi connectivity index (χ1v) is 18.0. The van der Waals surface area contributed by atoms with Crippen molar-refractivity contribution >= 4 is 11.9 Å². The van der Waals surface area contributed by atoms with Gasteiger partial charge in [-0.25, -0.2) is 0 Å². The largest absolute Gasteiger partial charge is 0.462 e. The zero-order chi connectivity index (χ0) is 29.5. The van der Waals surface area contributed by atoms with Gasteiger partial charge in [0.05, 0.1) is 0 Å². The maximum absolute atomic E-state index is 12.6. The van der Waals surface area contributed by atoms with Crippen molar-refractivity contribution in [2.75, 3.05) is 0 Å². The van der Waals surface area contributed by atoms with Gasteiger partial charge in [-0.15, -0.1) is 0 Å². The molecule has 0 aromatic heterocycles. The van der Waals surface area contributed by atoms with Gasteiger partial charge in [0.2, 0.25) is 0 Å². The molecule has 0 spiro atoms. The summed E-state index contributed by atoms with van der Waals surface area (Å²) >= 11 is 0. The van der Waals surface area contributed by atoms with Crippen LogP contribution in [0.25, 0.3) is 0 Å². The Hall–Kier alpha value is -1.06. The number of carbonyl (C=O) groups is 2. The monoisotopic (exact) mass is 567 g/mol. The lowest BCUT2D eigenvalue weighted by Gasteiger charge is -2.19. The lowest BCUT2D eigenvalue weighted by Crippen LogP contribution is -2.19. The fourth-order valence-electron chi connectivity index (χ4n) is 5.45. The van der Waals surface area contributed by atoms with Crippen LogP contribution < -0.4 is 0 Å². The van der Waals surface area contributed by atoms with Gasteiger partial charge in [-0.3, -0.25) is 9.59 Å². The Morgan fingerprint density at radius 2 is 0.625 bits per heavy atom. The summed E-state index contributed by atoms with van der Waals surface area (Å²) in [5.41, 5.74) is 0. The molecule has 0 aromatic carbocycles. The van der Waals surface area contributed by atoms with Crippen LogP contribution in [0, 0.1) is 0 Å². The summed E-state index contributed by atoms with van der Waals surface area (Å²) < 4.78 is 11.8. The lowest BCUT2D eigenvalue weighted by atomic mass is 10.0. The van der Waals surface area contributed by atoms with E-state index >= 15 is 0 Å². The number of hydrogen-bond acceptors (Lipinski definition) is 4. The van der Waals surface area contributed by atoms with Crippen molar-refractivity contribution in [3.05, 3.63) is 0 Å². The maximum atomic E-state index is 12.6. The molecule has 0 aliphatic carbocycles. The lowest BCUT2D eigenvalue weighted by molar-refractivity contribution is -0.152. The molecule has 0 aliphatic heterocycles. The summed E-state index contributed by atoms with van der Waals surface area (Å²) in [7, 11) is 0. The predicted molar refractivity (Wildman–Crippen MR) is 172 cm³/mol. The van der Waals surface area contributed by atoms with E-state index in [9.17, 15) is 9.59 Å². The zero-order valence-corrected chi connectivity index (χ0v) is 27.6. The van der Waals surface area contributed by atoms with Crippen LogP contribution >= 0.6 is 0 Å². The minimum Gasteiger partial charge on any atom is -0.462 e. The van der Waals surface area contributed by atoms with Crippen LogP contribution in [-0.2, 0) is 19.1 Å². The van der Waals surface area contributed by atoms with Crippen molar-refractivity contribution < 1.29 is 19.1 Å². The Bertz CT molecular complexity index is 499. The van der Waals surface area contributed by atoms with Crippen molar-refractivity contribution in [1.82, 2.24) is 0 Å². The van der Waals surface area contributed by atoms with Crippen LogP contribution in [0.3, 0.4) is 0 Å². The van der Waals surface area contributed by atoms with Gasteiger partial charge in [-0.2, -0.15) is 0 Å². The minimum absolute atomic E-state index is 0.0657. The molecule has 0 aromatic rings. The Labute approximate surface area is 250 Å². The molecule has 0 amide bonds. The summed E-state index contributed by atoms with van der Waals surface area (Å²) in [6.45, 7) is 8.95. The van der Waals surface area contributed by atoms with E-state index in [1.165, 1.54) is 103 Å². The molecule has 2 unspecified atom stereocenters. The fraction of sp³-hybridized carbons (Fsp3) is 0.944. The van der Waals surface area contributed by atoms with E-state index in [1.807, 2.05) is 0 Å². The molecule has 2 atom stereocenters. The standard InChI is InChI=1S/C36H70O4/c1-5-9-13-17-19-23-29-33(27-21-15-11-7-3)39-35(37)31-25-26-32-36(38)40-34(28-22-16-12-8-4)30-24-20-18-14-10-6-2/h33-34H,5-32H2,1-4H3. The van der Waals surface area contributed by atoms with E-state index in [1.54, 1.807) is 0 Å². The van der Waals surface area contributed by atoms with E-state index in [0.29, 0.717) is 25.7 Å². The van der Waals surface area contributed by atoms with Crippen LogP contribution in [0.15, 0.2) is 0 Å². The molecule has 0 rings (SSSR count). The molecule has 0 saturated heterocycles. The molecule has 40 heavy (non-hydrogen) atoms. The number of rotatable bonds is 31. The number of esters is 2. The first-order valence-electron chi connectivity index (χ1n) is 18.0. The second-order valence-corrected chi connectivity index (χ2v) is 12.2. The predicted octanol–water partition coefficient (Wildman–Crippen LogP) is 11.8. The highest BCUT2D eigenvalue weighted by Gasteiger charge is 2.16. The SMILES string of the molecule is CCCCCCCCC(CCCCCC)OC(=O)CCCCC(=O)OC(CCCCCC)CCCCCCCC. The van der Waals surface area contributed by atoms with E-state index in [4.69, 9.17) is 9.47 Å². The van der Waals surface area contributed by atoms with Gasteiger partial charge < -0.3 is 9.47 Å². The molecular formula is C36H70O4. The summed E-state index contributed by atoms with van der Waals surface area (Å²) in [4.78, 5) is 25.2. The third-order valence-electron chi connectivity index (χ3n) is 8.13. The number of carbonyl (C=O) groups excluding carboxylic acids is 2. The molecule has 0 N–H and O–H groups in total. The van der Waals surface area contributed by atoms with Gasteiger partial charge in [0.1, 0.15) is 12.2 Å². The first-order chi connectivity index (χ1) is 19.6. The minimum atomic E-state index is -0.0864. The van der Waals surface area contributed by atoms with Crippen LogP contribution in [0.5, 0.6) is 0 Å². The molecule has 0 bridgehead atoms. The highest BCUT2D eigenvalue weighted by Crippen LogP contribution is 2.19. The molecule has 4 nitrogen and oxygen atoms in total. The normalized spacial score (nSPS) is 12.8. The highest BCUT2D eigenvalue weighted by atomic mass is 16.5. The molecule has 4 heteroatoms. The van der Waals surface area contributed by atoms with Crippen LogP contribution in [0.4, 0.5) is 0 Å². The van der Waals surface area contributed by atoms with Gasteiger partial charge >= 0.3 is 11.9 Å². The molecule has 0 saturated carbocycles. The maximum Gasteiger partial charge on any atom is 0.306 e. The van der Waals surface area contributed by atoms with Crippen molar-refractivity contribution in [3.63, 3.8) is 0 Å². The van der Waals surface area contributed by atoms with Gasteiger partial charge in [-0.05, 0) is 64.2 Å². The van der Waals surface area contributed by atoms with E-state index < -0.39 is 0 Å². The third kappa shape index (κ3) is 27.1. The molecule has 0 heterocycles. The molecule has 0 radical (unpaired) electrons. The third-order valence-corrected chi connectivity index (χ3v) is 8.13. The topological polar surface area (TPSA) is 52.6 Å². The zero-order valence-electron chi connectivity index (χ0n) is 27.6. The van der Waals surface area contributed by atoms with Crippen molar-refractivity contribution in [1.29, 1.82) is 0 Å². The second kappa shape index (κ2) is 30.9. The quantitative estimate of drug-likeness (QED) is 0.0618. The van der Waals surface area contributed by atoms with Crippen LogP contribution in [0.2, 0.25) is 0 Å². The average molecular weight is 567 g/mol. The van der Waals surface area contributed by atoms with Crippen molar-refractivity contribution in [2.45, 2.75) is 220 Å². The average Bonchev–Trinajstić information content (AvgIpc) is 2.94. The Morgan fingerprint density at radius 3 is 0.925 bits per heavy atom. The highest BCUT2D eigenvalue weighted by molar-refractivity contribution is 5.70. The molecular weight excluding hydrogens is 496 g/mol. The molecule has 238 valence electrons. The summed E-state index contributed by atoms with van der Waals surface area (Å²) in [6.07, 6.45) is 31.2. The molecule has 0 aliphatic rings.